The Bertz CT molecular complexity index is 358. The molecule has 1 aromatic rings. The lowest BCUT2D eigenvalue weighted by Gasteiger charge is -2.19. The first-order valence-electron chi connectivity index (χ1n) is 6.17. The molecule has 0 N–H and O–H groups in total. The number of aromatic nitrogens is 2. The van der Waals surface area contributed by atoms with Crippen molar-refractivity contribution in [3.8, 4) is 0 Å². The number of Topliss-reactive ketones (excluding diaryl/α,β-unsaturated/α-hetero) is 1. The molecule has 0 aliphatic carbocycles. The summed E-state index contributed by atoms with van der Waals surface area (Å²) in [6.07, 6.45) is 2.73. The third-order valence-corrected chi connectivity index (χ3v) is 2.82. The maximum atomic E-state index is 12.0. The molecule has 1 unspecified atom stereocenters. The van der Waals surface area contributed by atoms with Crippen molar-refractivity contribution < 1.29 is 9.53 Å². The highest BCUT2D eigenvalue weighted by Gasteiger charge is 2.22. The molecule has 0 saturated heterocycles. The van der Waals surface area contributed by atoms with Gasteiger partial charge in [0.25, 0.3) is 0 Å². The summed E-state index contributed by atoms with van der Waals surface area (Å²) in [5.41, 5.74) is 1.08. The highest BCUT2D eigenvalue weighted by molar-refractivity contribution is 5.83. The molecule has 1 atom stereocenters. The molecular formula is C13H22N2O2. The van der Waals surface area contributed by atoms with E-state index in [4.69, 9.17) is 4.74 Å². The predicted molar refractivity (Wildman–Crippen MR) is 66.8 cm³/mol. The first-order chi connectivity index (χ1) is 8.06. The number of nitrogens with zero attached hydrogens (tertiary/aromatic N) is 2. The van der Waals surface area contributed by atoms with E-state index in [0.717, 1.165) is 12.1 Å². The fourth-order valence-electron chi connectivity index (χ4n) is 1.88. The van der Waals surface area contributed by atoms with Crippen molar-refractivity contribution in [2.75, 3.05) is 6.61 Å². The van der Waals surface area contributed by atoms with Crippen molar-refractivity contribution >= 4 is 5.78 Å². The van der Waals surface area contributed by atoms with Crippen LogP contribution in [0.5, 0.6) is 0 Å². The Labute approximate surface area is 103 Å². The van der Waals surface area contributed by atoms with Crippen molar-refractivity contribution in [3.63, 3.8) is 0 Å². The lowest BCUT2D eigenvalue weighted by atomic mass is 9.99. The highest BCUT2D eigenvalue weighted by Crippen LogP contribution is 2.12. The largest absolute Gasteiger partial charge is 0.370 e. The van der Waals surface area contributed by atoms with Gasteiger partial charge in [0.15, 0.2) is 5.78 Å². The van der Waals surface area contributed by atoms with Crippen molar-refractivity contribution in [3.05, 3.63) is 18.0 Å². The van der Waals surface area contributed by atoms with Crippen LogP contribution >= 0.6 is 0 Å². The van der Waals surface area contributed by atoms with Gasteiger partial charge in [-0.25, -0.2) is 0 Å². The minimum atomic E-state index is -0.270. The van der Waals surface area contributed by atoms with Gasteiger partial charge in [0, 0.05) is 32.0 Å². The second kappa shape index (κ2) is 6.55. The van der Waals surface area contributed by atoms with Gasteiger partial charge >= 0.3 is 0 Å². The van der Waals surface area contributed by atoms with Gasteiger partial charge in [-0.05, 0) is 25.3 Å². The van der Waals surface area contributed by atoms with E-state index in [2.05, 4.69) is 5.10 Å². The van der Waals surface area contributed by atoms with E-state index >= 15 is 0 Å². The topological polar surface area (TPSA) is 44.1 Å². The van der Waals surface area contributed by atoms with Crippen LogP contribution in [-0.4, -0.2) is 28.3 Å². The molecule has 0 bridgehead atoms. The summed E-state index contributed by atoms with van der Waals surface area (Å²) in [4.78, 5) is 12.0. The first-order valence-corrected chi connectivity index (χ1v) is 6.17. The van der Waals surface area contributed by atoms with Crippen molar-refractivity contribution in [1.29, 1.82) is 0 Å². The van der Waals surface area contributed by atoms with E-state index in [-0.39, 0.29) is 17.8 Å². The number of rotatable bonds is 7. The van der Waals surface area contributed by atoms with Crippen LogP contribution in [0.25, 0.3) is 0 Å². The molecule has 1 aromatic heterocycles. The second-order valence-electron chi connectivity index (χ2n) is 4.53. The molecule has 17 heavy (non-hydrogen) atoms. The van der Waals surface area contributed by atoms with E-state index in [1.165, 1.54) is 0 Å². The van der Waals surface area contributed by atoms with E-state index in [9.17, 15) is 4.79 Å². The van der Waals surface area contributed by atoms with E-state index in [1.54, 1.807) is 10.9 Å². The summed E-state index contributed by atoms with van der Waals surface area (Å²) >= 11 is 0. The Morgan fingerprint density at radius 1 is 1.53 bits per heavy atom. The van der Waals surface area contributed by atoms with Gasteiger partial charge in [0.1, 0.15) is 6.10 Å². The zero-order valence-electron chi connectivity index (χ0n) is 11.1. The number of carbonyl (C=O) groups is 1. The summed E-state index contributed by atoms with van der Waals surface area (Å²) in [7, 11) is 1.89. The number of carbonyl (C=O) groups excluding carboxylic acids is 1. The van der Waals surface area contributed by atoms with Gasteiger partial charge in [-0.1, -0.05) is 13.8 Å². The van der Waals surface area contributed by atoms with Gasteiger partial charge in [-0.3, -0.25) is 9.48 Å². The standard InChI is InChI=1S/C13H22N2O2/c1-5-17-13(10(2)3)12(16)7-6-11-8-9-14-15(11)4/h8-10,13H,5-7H2,1-4H3. The molecule has 4 nitrogen and oxygen atoms in total. The summed E-state index contributed by atoms with van der Waals surface area (Å²) in [5.74, 6) is 0.414. The number of ether oxygens (including phenoxy) is 1. The molecular weight excluding hydrogens is 216 g/mol. The van der Waals surface area contributed by atoms with Crippen LogP contribution < -0.4 is 0 Å². The zero-order chi connectivity index (χ0) is 12.8. The van der Waals surface area contributed by atoms with E-state index in [1.807, 2.05) is 33.9 Å². The predicted octanol–water partition coefficient (Wildman–Crippen LogP) is 1.98. The maximum absolute atomic E-state index is 12.0. The monoisotopic (exact) mass is 238 g/mol. The number of hydrogen-bond donors (Lipinski definition) is 0. The Kier molecular flexibility index (Phi) is 5.35. The average Bonchev–Trinajstić information content (AvgIpc) is 2.68. The minimum absolute atomic E-state index is 0.183. The molecule has 1 heterocycles. The van der Waals surface area contributed by atoms with Crippen molar-refractivity contribution in [1.82, 2.24) is 9.78 Å². The number of aryl methyl sites for hydroxylation is 2. The molecule has 0 spiro atoms. The smallest absolute Gasteiger partial charge is 0.162 e. The van der Waals surface area contributed by atoms with Crippen LogP contribution in [-0.2, 0) is 23.0 Å². The minimum Gasteiger partial charge on any atom is -0.370 e. The summed E-state index contributed by atoms with van der Waals surface area (Å²) in [5, 5.41) is 4.08. The molecule has 0 saturated carbocycles. The van der Waals surface area contributed by atoms with Crippen LogP contribution in [0.15, 0.2) is 12.3 Å². The fraction of sp³-hybridized carbons (Fsp3) is 0.692. The van der Waals surface area contributed by atoms with Gasteiger partial charge in [0.2, 0.25) is 0 Å². The number of ketones is 1. The van der Waals surface area contributed by atoms with Gasteiger partial charge in [-0.15, -0.1) is 0 Å². The first kappa shape index (κ1) is 13.9. The van der Waals surface area contributed by atoms with Crippen LogP contribution in [0.2, 0.25) is 0 Å². The van der Waals surface area contributed by atoms with Gasteiger partial charge in [-0.2, -0.15) is 5.10 Å². The molecule has 0 aromatic carbocycles. The number of hydrogen-bond acceptors (Lipinski definition) is 3. The van der Waals surface area contributed by atoms with Crippen molar-refractivity contribution in [2.24, 2.45) is 13.0 Å². The Morgan fingerprint density at radius 3 is 2.71 bits per heavy atom. The Morgan fingerprint density at radius 2 is 2.24 bits per heavy atom. The second-order valence-corrected chi connectivity index (χ2v) is 4.53. The Balaban J connectivity index is 2.50. The van der Waals surface area contributed by atoms with Gasteiger partial charge < -0.3 is 4.74 Å². The third kappa shape index (κ3) is 3.97. The van der Waals surface area contributed by atoms with Crippen LogP contribution in [0.4, 0.5) is 0 Å². The normalized spacial score (nSPS) is 13.0. The summed E-state index contributed by atoms with van der Waals surface area (Å²) < 4.78 is 7.30. The average molecular weight is 238 g/mol. The summed E-state index contributed by atoms with van der Waals surface area (Å²) in [6, 6.07) is 1.94. The van der Waals surface area contributed by atoms with E-state index in [0.29, 0.717) is 13.0 Å². The fourth-order valence-corrected chi connectivity index (χ4v) is 1.88. The molecule has 1 rings (SSSR count). The lowest BCUT2D eigenvalue weighted by Crippen LogP contribution is -2.30. The summed E-state index contributed by atoms with van der Waals surface area (Å²) in [6.45, 7) is 6.54. The van der Waals surface area contributed by atoms with Crippen LogP contribution in [0.3, 0.4) is 0 Å². The lowest BCUT2D eigenvalue weighted by molar-refractivity contribution is -0.133. The SMILES string of the molecule is CCOC(C(=O)CCc1ccnn1C)C(C)C. The molecule has 0 amide bonds. The molecule has 4 heteroatoms. The van der Waals surface area contributed by atoms with Crippen LogP contribution in [0.1, 0.15) is 32.9 Å². The van der Waals surface area contributed by atoms with Crippen molar-refractivity contribution in [2.45, 2.75) is 39.7 Å². The molecule has 0 radical (unpaired) electrons. The zero-order valence-corrected chi connectivity index (χ0v) is 11.1. The molecule has 0 aliphatic heterocycles. The van der Waals surface area contributed by atoms with E-state index < -0.39 is 0 Å². The molecule has 0 aliphatic rings. The molecule has 96 valence electrons. The Hall–Kier alpha value is -1.16. The van der Waals surface area contributed by atoms with Gasteiger partial charge in [0.05, 0.1) is 0 Å². The maximum Gasteiger partial charge on any atom is 0.162 e. The highest BCUT2D eigenvalue weighted by atomic mass is 16.5. The quantitative estimate of drug-likeness (QED) is 0.729. The van der Waals surface area contributed by atoms with Crippen LogP contribution in [0, 0.1) is 5.92 Å². The third-order valence-electron chi connectivity index (χ3n) is 2.82. The molecule has 0 fully saturated rings.